The molecule has 0 aliphatic carbocycles. The highest BCUT2D eigenvalue weighted by Gasteiger charge is 2.25. The number of carbonyl (C=O) groups is 1. The van der Waals surface area contributed by atoms with E-state index in [1.54, 1.807) is 0 Å². The molecule has 2 rings (SSSR count). The first-order chi connectivity index (χ1) is 10.1. The Morgan fingerprint density at radius 3 is 2.14 bits per heavy atom. The quantitative estimate of drug-likeness (QED) is 0.737. The molecule has 2 nitrogen and oxygen atoms in total. The average molecular weight is 394 g/mol. The van der Waals surface area contributed by atoms with Gasteiger partial charge in [0.2, 0.25) is 0 Å². The van der Waals surface area contributed by atoms with Crippen LogP contribution in [0.25, 0.3) is 0 Å². The van der Waals surface area contributed by atoms with E-state index in [1.807, 2.05) is 37.3 Å². The van der Waals surface area contributed by atoms with Gasteiger partial charge in [-0.05, 0) is 64.6 Å². The van der Waals surface area contributed by atoms with Crippen molar-refractivity contribution in [3.63, 3.8) is 0 Å². The molecule has 2 atom stereocenters. The van der Waals surface area contributed by atoms with Gasteiger partial charge in [-0.15, -0.1) is 0 Å². The van der Waals surface area contributed by atoms with Crippen LogP contribution in [0.5, 0.6) is 0 Å². The van der Waals surface area contributed by atoms with Gasteiger partial charge in [-0.1, -0.05) is 49.4 Å². The fourth-order valence-electron chi connectivity index (χ4n) is 2.53. The number of carboxylic acid groups (broad SMARTS) is 1. The first-order valence-electron chi connectivity index (χ1n) is 7.07. The molecule has 0 bridgehead atoms. The number of halogens is 1. The van der Waals surface area contributed by atoms with Gasteiger partial charge in [0.25, 0.3) is 0 Å². The maximum Gasteiger partial charge on any atom is 0.307 e. The zero-order chi connectivity index (χ0) is 15.2. The van der Waals surface area contributed by atoms with E-state index in [2.05, 4.69) is 46.9 Å². The number of rotatable bonds is 6. The van der Waals surface area contributed by atoms with E-state index in [0.717, 1.165) is 12.0 Å². The van der Waals surface area contributed by atoms with Crippen LogP contribution in [-0.2, 0) is 17.6 Å². The highest BCUT2D eigenvalue weighted by atomic mass is 127. The van der Waals surface area contributed by atoms with Crippen LogP contribution in [0, 0.1) is 15.4 Å². The van der Waals surface area contributed by atoms with Crippen molar-refractivity contribution in [1.82, 2.24) is 0 Å². The summed E-state index contributed by atoms with van der Waals surface area (Å²) in [5.74, 6) is -0.966. The van der Waals surface area contributed by atoms with Gasteiger partial charge < -0.3 is 5.11 Å². The molecule has 2 aromatic carbocycles. The lowest BCUT2D eigenvalue weighted by Gasteiger charge is -2.20. The Hall–Kier alpha value is -1.36. The molecule has 0 heterocycles. The molecule has 0 saturated carbocycles. The van der Waals surface area contributed by atoms with Gasteiger partial charge in [0, 0.05) is 3.57 Å². The van der Waals surface area contributed by atoms with Gasteiger partial charge in [0.15, 0.2) is 0 Å². The maximum absolute atomic E-state index is 11.6. The smallest absolute Gasteiger partial charge is 0.307 e. The van der Waals surface area contributed by atoms with Gasteiger partial charge >= 0.3 is 5.97 Å². The second-order valence-electron chi connectivity index (χ2n) is 5.44. The van der Waals surface area contributed by atoms with Gasteiger partial charge in [0.05, 0.1) is 5.92 Å². The van der Waals surface area contributed by atoms with E-state index >= 15 is 0 Å². The Balaban J connectivity index is 2.07. The summed E-state index contributed by atoms with van der Waals surface area (Å²) in [6, 6.07) is 18.1. The molecular formula is C18H19IO2. The Bertz CT molecular complexity index is 578. The van der Waals surface area contributed by atoms with Crippen molar-refractivity contribution in [1.29, 1.82) is 0 Å². The fourth-order valence-corrected chi connectivity index (χ4v) is 2.89. The maximum atomic E-state index is 11.6. The molecule has 2 unspecified atom stereocenters. The van der Waals surface area contributed by atoms with E-state index in [0.29, 0.717) is 6.42 Å². The minimum absolute atomic E-state index is 0.0998. The van der Waals surface area contributed by atoms with Crippen molar-refractivity contribution in [3.05, 3.63) is 69.3 Å². The van der Waals surface area contributed by atoms with Gasteiger partial charge in [-0.3, -0.25) is 4.79 Å². The molecular weight excluding hydrogens is 375 g/mol. The summed E-state index contributed by atoms with van der Waals surface area (Å²) >= 11 is 2.28. The number of carboxylic acids is 1. The number of hydrogen-bond donors (Lipinski definition) is 1. The summed E-state index contributed by atoms with van der Waals surface area (Å²) in [5.41, 5.74) is 2.28. The third-order valence-electron chi connectivity index (χ3n) is 3.77. The topological polar surface area (TPSA) is 37.3 Å². The van der Waals surface area contributed by atoms with E-state index in [-0.39, 0.29) is 11.8 Å². The van der Waals surface area contributed by atoms with Crippen LogP contribution in [-0.4, -0.2) is 11.1 Å². The molecule has 0 amide bonds. The lowest BCUT2D eigenvalue weighted by Crippen LogP contribution is -2.25. The molecule has 2 aromatic rings. The largest absolute Gasteiger partial charge is 0.481 e. The third-order valence-corrected chi connectivity index (χ3v) is 4.49. The van der Waals surface area contributed by atoms with Crippen molar-refractivity contribution >= 4 is 28.6 Å². The van der Waals surface area contributed by atoms with Crippen LogP contribution in [0.1, 0.15) is 18.1 Å². The summed E-state index contributed by atoms with van der Waals surface area (Å²) in [6.07, 6.45) is 1.38. The van der Waals surface area contributed by atoms with E-state index in [1.165, 1.54) is 9.13 Å². The molecule has 110 valence electrons. The molecule has 0 spiro atoms. The number of benzene rings is 2. The zero-order valence-electron chi connectivity index (χ0n) is 12.0. The van der Waals surface area contributed by atoms with Crippen LogP contribution in [0.3, 0.4) is 0 Å². The SMILES string of the molecule is CC(Cc1ccc(I)cc1)C(Cc1ccccc1)C(=O)O. The van der Waals surface area contributed by atoms with Crippen molar-refractivity contribution in [2.75, 3.05) is 0 Å². The molecule has 0 radical (unpaired) electrons. The highest BCUT2D eigenvalue weighted by molar-refractivity contribution is 14.1. The van der Waals surface area contributed by atoms with Crippen LogP contribution >= 0.6 is 22.6 Å². The molecule has 1 N–H and O–H groups in total. The lowest BCUT2D eigenvalue weighted by molar-refractivity contribution is -0.143. The van der Waals surface area contributed by atoms with Crippen LogP contribution in [0.15, 0.2) is 54.6 Å². The monoisotopic (exact) mass is 394 g/mol. The summed E-state index contributed by atoms with van der Waals surface area (Å²) in [7, 11) is 0. The standard InChI is InChI=1S/C18H19IO2/c1-13(11-15-7-9-16(19)10-8-15)17(18(20)21)12-14-5-3-2-4-6-14/h2-10,13,17H,11-12H2,1H3,(H,20,21). The van der Waals surface area contributed by atoms with E-state index < -0.39 is 5.97 Å². The Morgan fingerprint density at radius 1 is 1.00 bits per heavy atom. The second-order valence-corrected chi connectivity index (χ2v) is 6.69. The van der Waals surface area contributed by atoms with Crippen LogP contribution < -0.4 is 0 Å². The Morgan fingerprint density at radius 2 is 1.57 bits per heavy atom. The molecule has 0 aliphatic heterocycles. The lowest BCUT2D eigenvalue weighted by atomic mass is 9.84. The van der Waals surface area contributed by atoms with Gasteiger partial charge in [0.1, 0.15) is 0 Å². The molecule has 0 saturated heterocycles. The summed E-state index contributed by atoms with van der Waals surface area (Å²) in [4.78, 5) is 11.6. The summed E-state index contributed by atoms with van der Waals surface area (Å²) in [5, 5.41) is 9.53. The molecule has 0 aliphatic rings. The normalized spacial score (nSPS) is 13.6. The predicted molar refractivity (Wildman–Crippen MR) is 93.3 cm³/mol. The Kier molecular flexibility index (Phi) is 5.79. The fraction of sp³-hybridized carbons (Fsp3) is 0.278. The molecule has 3 heteroatoms. The first kappa shape index (κ1) is 16.0. The second kappa shape index (κ2) is 7.59. The zero-order valence-corrected chi connectivity index (χ0v) is 14.2. The Labute approximate surface area is 139 Å². The highest BCUT2D eigenvalue weighted by Crippen LogP contribution is 2.22. The third kappa shape index (κ3) is 4.84. The number of aliphatic carboxylic acids is 1. The van der Waals surface area contributed by atoms with Crippen molar-refractivity contribution in [2.45, 2.75) is 19.8 Å². The van der Waals surface area contributed by atoms with Crippen molar-refractivity contribution < 1.29 is 9.90 Å². The van der Waals surface area contributed by atoms with Crippen molar-refractivity contribution in [2.24, 2.45) is 11.8 Å². The summed E-state index contributed by atoms with van der Waals surface area (Å²) in [6.45, 7) is 2.03. The minimum atomic E-state index is -0.711. The predicted octanol–water partition coefficient (Wildman–Crippen LogP) is 4.41. The average Bonchev–Trinajstić information content (AvgIpc) is 2.48. The van der Waals surface area contributed by atoms with Crippen molar-refractivity contribution in [3.8, 4) is 0 Å². The van der Waals surface area contributed by atoms with E-state index in [4.69, 9.17) is 0 Å². The molecule has 21 heavy (non-hydrogen) atoms. The molecule has 0 aromatic heterocycles. The first-order valence-corrected chi connectivity index (χ1v) is 8.15. The summed E-state index contributed by atoms with van der Waals surface area (Å²) < 4.78 is 1.20. The molecule has 0 fully saturated rings. The van der Waals surface area contributed by atoms with Crippen LogP contribution in [0.2, 0.25) is 0 Å². The van der Waals surface area contributed by atoms with Crippen LogP contribution in [0.4, 0.5) is 0 Å². The van der Waals surface area contributed by atoms with E-state index in [9.17, 15) is 9.90 Å². The van der Waals surface area contributed by atoms with Gasteiger partial charge in [-0.25, -0.2) is 0 Å². The minimum Gasteiger partial charge on any atom is -0.481 e. The van der Waals surface area contributed by atoms with Gasteiger partial charge in [-0.2, -0.15) is 0 Å². The number of hydrogen-bond acceptors (Lipinski definition) is 1.